The van der Waals surface area contributed by atoms with Crippen molar-refractivity contribution >= 4 is 11.9 Å². The van der Waals surface area contributed by atoms with Crippen molar-refractivity contribution in [3.05, 3.63) is 53.5 Å². The summed E-state index contributed by atoms with van der Waals surface area (Å²) in [6.45, 7) is 0.436. The summed E-state index contributed by atoms with van der Waals surface area (Å²) in [4.78, 5) is 24.7. The zero-order valence-electron chi connectivity index (χ0n) is 13.7. The van der Waals surface area contributed by atoms with Crippen molar-refractivity contribution in [1.82, 2.24) is 4.90 Å². The first kappa shape index (κ1) is 17.0. The summed E-state index contributed by atoms with van der Waals surface area (Å²) in [5, 5.41) is 8.85. The van der Waals surface area contributed by atoms with Crippen LogP contribution in [-0.4, -0.2) is 42.1 Å². The number of hydrogen-bond acceptors (Lipinski definition) is 4. The maximum absolute atomic E-state index is 15.3. The van der Waals surface area contributed by atoms with Crippen LogP contribution in [0.5, 0.6) is 5.75 Å². The van der Waals surface area contributed by atoms with Crippen molar-refractivity contribution in [1.29, 1.82) is 0 Å². The minimum absolute atomic E-state index is 0.0508. The average molecular weight is 347 g/mol. The molecule has 7 heteroatoms. The number of carboxylic acid groups (broad SMARTS) is 1. The number of halogens is 1. The quantitative estimate of drug-likeness (QED) is 0.919. The van der Waals surface area contributed by atoms with E-state index in [4.69, 9.17) is 14.3 Å². The van der Waals surface area contributed by atoms with Crippen molar-refractivity contribution in [2.45, 2.75) is 18.5 Å². The van der Waals surface area contributed by atoms with Gasteiger partial charge in [0.05, 0.1) is 7.11 Å². The summed E-state index contributed by atoms with van der Waals surface area (Å²) in [6.07, 6.45) is 0.302. The van der Waals surface area contributed by atoms with Gasteiger partial charge in [-0.05, 0) is 29.8 Å². The second-order valence-corrected chi connectivity index (χ2v) is 5.96. The Bertz CT molecular complexity index is 792. The third-order valence-corrected chi connectivity index (χ3v) is 4.46. The smallest absolute Gasteiger partial charge is 0.371 e. The zero-order chi connectivity index (χ0) is 18.0. The number of carbonyl (C=O) groups is 2. The van der Waals surface area contributed by atoms with E-state index in [1.54, 1.807) is 24.3 Å². The van der Waals surface area contributed by atoms with Gasteiger partial charge in [0, 0.05) is 25.9 Å². The highest BCUT2D eigenvalue weighted by molar-refractivity contribution is 5.93. The summed E-state index contributed by atoms with van der Waals surface area (Å²) in [5.74, 6) is -1.43. The van der Waals surface area contributed by atoms with E-state index in [-0.39, 0.29) is 37.5 Å². The van der Waals surface area contributed by atoms with Crippen LogP contribution in [0.3, 0.4) is 0 Å². The predicted octanol–water partition coefficient (Wildman–Crippen LogP) is 3.09. The van der Waals surface area contributed by atoms with Crippen LogP contribution in [0.2, 0.25) is 0 Å². The number of aromatic carboxylic acids is 1. The van der Waals surface area contributed by atoms with Crippen LogP contribution < -0.4 is 4.74 Å². The van der Waals surface area contributed by atoms with E-state index >= 15 is 4.39 Å². The van der Waals surface area contributed by atoms with Crippen LogP contribution >= 0.6 is 0 Å². The van der Waals surface area contributed by atoms with E-state index in [0.717, 1.165) is 0 Å². The minimum atomic E-state index is -1.53. The molecule has 1 aliphatic rings. The number of furan rings is 1. The Kier molecular flexibility index (Phi) is 4.48. The van der Waals surface area contributed by atoms with E-state index in [1.807, 2.05) is 0 Å². The Labute approximate surface area is 143 Å². The maximum atomic E-state index is 15.3. The number of piperidine rings is 1. The first-order valence-corrected chi connectivity index (χ1v) is 7.89. The summed E-state index contributed by atoms with van der Waals surface area (Å²) < 4.78 is 25.4. The van der Waals surface area contributed by atoms with Crippen LogP contribution in [0.1, 0.15) is 39.5 Å². The largest absolute Gasteiger partial charge is 0.497 e. The number of alkyl halides is 1. The molecule has 6 nitrogen and oxygen atoms in total. The lowest BCUT2D eigenvalue weighted by atomic mass is 9.86. The van der Waals surface area contributed by atoms with Gasteiger partial charge in [-0.3, -0.25) is 4.79 Å². The van der Waals surface area contributed by atoms with E-state index in [1.165, 1.54) is 24.1 Å². The molecule has 0 unspecified atom stereocenters. The highest BCUT2D eigenvalue weighted by Gasteiger charge is 2.38. The molecular formula is C18H18FNO5. The number of amides is 1. The molecular weight excluding hydrogens is 329 g/mol. The number of hydrogen-bond donors (Lipinski definition) is 1. The molecule has 1 aromatic heterocycles. The SMILES string of the molecule is COc1cccc(C2(F)CCN(C(=O)c3ccc(C(=O)O)o3)CC2)c1. The number of benzene rings is 1. The van der Waals surface area contributed by atoms with E-state index < -0.39 is 17.5 Å². The average Bonchev–Trinajstić information content (AvgIpc) is 3.12. The van der Waals surface area contributed by atoms with Crippen LogP contribution in [-0.2, 0) is 5.67 Å². The first-order valence-electron chi connectivity index (χ1n) is 7.89. The summed E-state index contributed by atoms with van der Waals surface area (Å²) >= 11 is 0. The van der Waals surface area contributed by atoms with Gasteiger partial charge in [0.2, 0.25) is 5.76 Å². The highest BCUT2D eigenvalue weighted by atomic mass is 19.1. The molecule has 3 rings (SSSR count). The molecule has 0 aliphatic carbocycles. The van der Waals surface area contributed by atoms with E-state index in [2.05, 4.69) is 0 Å². The highest BCUT2D eigenvalue weighted by Crippen LogP contribution is 2.38. The molecule has 0 atom stereocenters. The molecule has 1 amide bonds. The number of carbonyl (C=O) groups excluding carboxylic acids is 1. The molecule has 0 spiro atoms. The standard InChI is InChI=1S/C18H18FNO5/c1-24-13-4-2-3-12(11-13)18(19)7-9-20(10-8-18)16(21)14-5-6-15(25-14)17(22)23/h2-6,11H,7-10H2,1H3,(H,22,23). The summed E-state index contributed by atoms with van der Waals surface area (Å²) in [6, 6.07) is 9.43. The Balaban J connectivity index is 1.69. The van der Waals surface area contributed by atoms with Crippen molar-refractivity contribution in [3.63, 3.8) is 0 Å². The molecule has 1 aliphatic heterocycles. The number of likely N-dealkylation sites (tertiary alicyclic amines) is 1. The fourth-order valence-electron chi connectivity index (χ4n) is 2.98. The van der Waals surface area contributed by atoms with Gasteiger partial charge in [0.25, 0.3) is 5.91 Å². The molecule has 0 bridgehead atoms. The lowest BCUT2D eigenvalue weighted by Crippen LogP contribution is -2.43. The lowest BCUT2D eigenvalue weighted by molar-refractivity contribution is 0.0396. The van der Waals surface area contributed by atoms with E-state index in [0.29, 0.717) is 11.3 Å². The Morgan fingerprint density at radius 2 is 1.88 bits per heavy atom. The Morgan fingerprint density at radius 1 is 1.20 bits per heavy atom. The third-order valence-electron chi connectivity index (χ3n) is 4.46. The van der Waals surface area contributed by atoms with Gasteiger partial charge in [-0.25, -0.2) is 9.18 Å². The molecule has 0 saturated carbocycles. The fourth-order valence-corrected chi connectivity index (χ4v) is 2.98. The van der Waals surface area contributed by atoms with Gasteiger partial charge < -0.3 is 19.2 Å². The number of rotatable bonds is 4. The summed E-state index contributed by atoms with van der Waals surface area (Å²) in [5.41, 5.74) is -0.995. The Hall–Kier alpha value is -2.83. The van der Waals surface area contributed by atoms with Gasteiger partial charge in [-0.1, -0.05) is 12.1 Å². The van der Waals surface area contributed by atoms with Crippen molar-refractivity contribution < 1.29 is 28.2 Å². The second-order valence-electron chi connectivity index (χ2n) is 5.96. The van der Waals surface area contributed by atoms with Crippen LogP contribution in [0, 0.1) is 0 Å². The monoisotopic (exact) mass is 347 g/mol. The first-order chi connectivity index (χ1) is 11.9. The van der Waals surface area contributed by atoms with Gasteiger partial charge in [-0.2, -0.15) is 0 Å². The second kappa shape index (κ2) is 6.58. The van der Waals surface area contributed by atoms with Gasteiger partial charge >= 0.3 is 5.97 Å². The van der Waals surface area contributed by atoms with Crippen molar-refractivity contribution in [2.75, 3.05) is 20.2 Å². The number of methoxy groups -OCH3 is 1. The van der Waals surface area contributed by atoms with Gasteiger partial charge in [0.1, 0.15) is 11.4 Å². The molecule has 1 saturated heterocycles. The van der Waals surface area contributed by atoms with E-state index in [9.17, 15) is 9.59 Å². The topological polar surface area (TPSA) is 80.0 Å². The maximum Gasteiger partial charge on any atom is 0.371 e. The molecule has 1 aromatic carbocycles. The third kappa shape index (κ3) is 3.35. The van der Waals surface area contributed by atoms with Crippen molar-refractivity contribution in [3.8, 4) is 5.75 Å². The molecule has 1 fully saturated rings. The Morgan fingerprint density at radius 3 is 2.48 bits per heavy atom. The zero-order valence-corrected chi connectivity index (χ0v) is 13.7. The minimum Gasteiger partial charge on any atom is -0.497 e. The molecule has 1 N–H and O–H groups in total. The van der Waals surface area contributed by atoms with Crippen LogP contribution in [0.4, 0.5) is 4.39 Å². The molecule has 2 heterocycles. The fraction of sp³-hybridized carbons (Fsp3) is 0.333. The van der Waals surface area contributed by atoms with Crippen LogP contribution in [0.15, 0.2) is 40.8 Å². The molecule has 25 heavy (non-hydrogen) atoms. The van der Waals surface area contributed by atoms with Crippen molar-refractivity contribution in [2.24, 2.45) is 0 Å². The number of nitrogens with zero attached hydrogens (tertiary/aromatic N) is 1. The molecule has 2 aromatic rings. The summed E-state index contributed by atoms with van der Waals surface area (Å²) in [7, 11) is 1.53. The van der Waals surface area contributed by atoms with Gasteiger partial charge in [0.15, 0.2) is 5.76 Å². The normalized spacial score (nSPS) is 16.5. The lowest BCUT2D eigenvalue weighted by Gasteiger charge is -2.36. The van der Waals surface area contributed by atoms with Crippen LogP contribution in [0.25, 0.3) is 0 Å². The molecule has 0 radical (unpaired) electrons. The number of carboxylic acids is 1. The molecule has 132 valence electrons. The number of ether oxygens (including phenoxy) is 1. The van der Waals surface area contributed by atoms with Gasteiger partial charge in [-0.15, -0.1) is 0 Å². The predicted molar refractivity (Wildman–Crippen MR) is 86.6 cm³/mol.